The molecule has 8 heteroatoms. The third-order valence-electron chi connectivity index (χ3n) is 5.00. The SMILES string of the molecule is C=C(O/C(C)=C(\N)COc1cccc(SC(=O)N2CCC[C@@H]2C(=O)O)c1)c1ccccc1. The van der Waals surface area contributed by atoms with Gasteiger partial charge in [-0.2, -0.15) is 0 Å². The second-order valence-corrected chi connectivity index (χ2v) is 8.32. The van der Waals surface area contributed by atoms with Gasteiger partial charge in [-0.05, 0) is 49.7 Å². The Morgan fingerprint density at radius 3 is 2.69 bits per heavy atom. The van der Waals surface area contributed by atoms with E-state index in [2.05, 4.69) is 6.58 Å². The molecular weight excluding hydrogens is 428 g/mol. The Balaban J connectivity index is 1.57. The van der Waals surface area contributed by atoms with Crippen molar-refractivity contribution in [2.24, 2.45) is 5.73 Å². The van der Waals surface area contributed by atoms with Crippen LogP contribution in [0.1, 0.15) is 25.3 Å². The summed E-state index contributed by atoms with van der Waals surface area (Å²) in [5.74, 6) is 0.554. The average molecular weight is 455 g/mol. The molecule has 0 spiro atoms. The molecule has 1 heterocycles. The van der Waals surface area contributed by atoms with Crippen LogP contribution in [0, 0.1) is 0 Å². The molecule has 7 nitrogen and oxygen atoms in total. The first-order valence-electron chi connectivity index (χ1n) is 10.2. The Labute approximate surface area is 191 Å². The van der Waals surface area contributed by atoms with Gasteiger partial charge in [0, 0.05) is 17.0 Å². The highest BCUT2D eigenvalue weighted by atomic mass is 32.2. The summed E-state index contributed by atoms with van der Waals surface area (Å²) < 4.78 is 11.5. The van der Waals surface area contributed by atoms with E-state index in [1.54, 1.807) is 31.2 Å². The third-order valence-corrected chi connectivity index (χ3v) is 5.90. The zero-order valence-electron chi connectivity index (χ0n) is 17.8. The summed E-state index contributed by atoms with van der Waals surface area (Å²) in [6, 6.07) is 15.8. The summed E-state index contributed by atoms with van der Waals surface area (Å²) in [7, 11) is 0. The van der Waals surface area contributed by atoms with E-state index in [9.17, 15) is 14.7 Å². The lowest BCUT2D eigenvalue weighted by Crippen LogP contribution is -2.38. The molecule has 168 valence electrons. The van der Waals surface area contributed by atoms with Crippen LogP contribution in [0.5, 0.6) is 5.75 Å². The van der Waals surface area contributed by atoms with Crippen molar-refractivity contribution in [1.29, 1.82) is 0 Å². The van der Waals surface area contributed by atoms with E-state index in [4.69, 9.17) is 15.2 Å². The van der Waals surface area contributed by atoms with Gasteiger partial charge in [0.15, 0.2) is 0 Å². The van der Waals surface area contributed by atoms with Crippen LogP contribution in [0.25, 0.3) is 5.76 Å². The summed E-state index contributed by atoms with van der Waals surface area (Å²) >= 11 is 0.987. The van der Waals surface area contributed by atoms with Gasteiger partial charge in [-0.15, -0.1) is 0 Å². The highest BCUT2D eigenvalue weighted by Crippen LogP contribution is 2.29. The van der Waals surface area contributed by atoms with Gasteiger partial charge in [0.05, 0.1) is 5.70 Å². The number of thioether (sulfide) groups is 1. The first-order chi connectivity index (χ1) is 15.3. The van der Waals surface area contributed by atoms with Crippen molar-refractivity contribution < 1.29 is 24.2 Å². The maximum atomic E-state index is 12.5. The Morgan fingerprint density at radius 1 is 1.22 bits per heavy atom. The van der Waals surface area contributed by atoms with Gasteiger partial charge in [-0.1, -0.05) is 43.0 Å². The number of hydrogen-bond donors (Lipinski definition) is 2. The Morgan fingerprint density at radius 2 is 1.97 bits per heavy atom. The molecule has 32 heavy (non-hydrogen) atoms. The van der Waals surface area contributed by atoms with Gasteiger partial charge in [0.25, 0.3) is 5.24 Å². The molecule has 0 aromatic heterocycles. The first-order valence-corrected chi connectivity index (χ1v) is 11.0. The van der Waals surface area contributed by atoms with Gasteiger partial charge < -0.3 is 25.2 Å². The summed E-state index contributed by atoms with van der Waals surface area (Å²) in [6.07, 6.45) is 1.17. The number of likely N-dealkylation sites (tertiary alicyclic amines) is 1. The fourth-order valence-corrected chi connectivity index (χ4v) is 4.08. The largest absolute Gasteiger partial charge is 0.487 e. The van der Waals surface area contributed by atoms with Crippen molar-refractivity contribution in [1.82, 2.24) is 4.90 Å². The molecule has 3 rings (SSSR count). The molecule has 1 fully saturated rings. The minimum atomic E-state index is -0.969. The van der Waals surface area contributed by atoms with Crippen LogP contribution in [-0.2, 0) is 9.53 Å². The molecule has 1 amide bonds. The van der Waals surface area contributed by atoms with E-state index in [1.165, 1.54) is 4.90 Å². The van der Waals surface area contributed by atoms with Crippen LogP contribution in [0.2, 0.25) is 0 Å². The summed E-state index contributed by atoms with van der Waals surface area (Å²) in [5, 5.41) is 8.99. The summed E-state index contributed by atoms with van der Waals surface area (Å²) in [4.78, 5) is 25.9. The maximum absolute atomic E-state index is 12.5. The van der Waals surface area contributed by atoms with Crippen LogP contribution in [0.15, 0.2) is 77.5 Å². The first kappa shape index (κ1) is 23.3. The van der Waals surface area contributed by atoms with Gasteiger partial charge in [-0.25, -0.2) is 4.79 Å². The number of carboxylic acid groups (broad SMARTS) is 1. The zero-order valence-corrected chi connectivity index (χ0v) is 18.6. The highest BCUT2D eigenvalue weighted by Gasteiger charge is 2.34. The van der Waals surface area contributed by atoms with Crippen molar-refractivity contribution in [2.45, 2.75) is 30.7 Å². The lowest BCUT2D eigenvalue weighted by Gasteiger charge is -2.20. The van der Waals surface area contributed by atoms with Crippen LogP contribution in [0.3, 0.4) is 0 Å². The second kappa shape index (κ2) is 10.8. The van der Waals surface area contributed by atoms with Gasteiger partial charge in [-0.3, -0.25) is 4.79 Å². The normalized spacial score (nSPS) is 16.3. The minimum absolute atomic E-state index is 0.100. The van der Waals surface area contributed by atoms with E-state index in [0.29, 0.717) is 47.2 Å². The Bertz CT molecular complexity index is 1020. The standard InChI is InChI=1S/C24H26N2O5S/c1-16(18-8-4-3-5-9-18)31-17(2)21(25)15-30-19-10-6-11-20(14-19)32-24(29)26-13-7-12-22(26)23(27)28/h3-6,8-11,14,22H,1,7,12-13,15,25H2,2H3,(H,27,28)/b21-17-/t22-/m1/s1. The van der Waals surface area contributed by atoms with Crippen molar-refractivity contribution in [3.05, 3.63) is 78.2 Å². The molecule has 2 aromatic carbocycles. The van der Waals surface area contributed by atoms with Gasteiger partial charge in [0.2, 0.25) is 0 Å². The molecular formula is C24H26N2O5S. The number of nitrogens with zero attached hydrogens (tertiary/aromatic N) is 1. The molecule has 1 atom stereocenters. The van der Waals surface area contributed by atoms with Crippen molar-refractivity contribution in [3.8, 4) is 5.75 Å². The van der Waals surface area contributed by atoms with Crippen LogP contribution < -0.4 is 10.5 Å². The van der Waals surface area contributed by atoms with E-state index in [0.717, 1.165) is 17.3 Å². The second-order valence-electron chi connectivity index (χ2n) is 7.29. The van der Waals surface area contributed by atoms with Crippen molar-refractivity contribution in [2.75, 3.05) is 13.2 Å². The fraction of sp³-hybridized carbons (Fsp3) is 0.250. The molecule has 0 radical (unpaired) electrons. The number of nitrogens with two attached hydrogens (primary N) is 1. The highest BCUT2D eigenvalue weighted by molar-refractivity contribution is 8.13. The van der Waals surface area contributed by atoms with Gasteiger partial charge >= 0.3 is 5.97 Å². The van der Waals surface area contributed by atoms with E-state index < -0.39 is 12.0 Å². The zero-order chi connectivity index (χ0) is 23.1. The van der Waals surface area contributed by atoms with Crippen LogP contribution in [-0.4, -0.2) is 40.4 Å². The number of benzene rings is 2. The lowest BCUT2D eigenvalue weighted by atomic mass is 10.2. The predicted octanol–water partition coefficient (Wildman–Crippen LogP) is 4.70. The molecule has 0 aliphatic carbocycles. The molecule has 1 aliphatic heterocycles. The molecule has 3 N–H and O–H groups in total. The predicted molar refractivity (Wildman–Crippen MR) is 124 cm³/mol. The summed E-state index contributed by atoms with van der Waals surface area (Å²) in [5.41, 5.74) is 7.38. The maximum Gasteiger partial charge on any atom is 0.326 e. The van der Waals surface area contributed by atoms with Crippen molar-refractivity contribution >= 4 is 28.7 Å². The minimum Gasteiger partial charge on any atom is -0.487 e. The number of carboxylic acids is 1. The van der Waals surface area contributed by atoms with E-state index in [-0.39, 0.29) is 11.8 Å². The number of ether oxygens (including phenoxy) is 2. The molecule has 0 unspecified atom stereocenters. The number of amides is 1. The number of hydrogen-bond acceptors (Lipinski definition) is 6. The number of carbonyl (C=O) groups is 2. The molecule has 0 bridgehead atoms. The van der Waals surface area contributed by atoms with E-state index in [1.807, 2.05) is 30.3 Å². The number of allylic oxidation sites excluding steroid dienone is 1. The van der Waals surface area contributed by atoms with Crippen molar-refractivity contribution in [3.63, 3.8) is 0 Å². The average Bonchev–Trinajstić information content (AvgIpc) is 3.29. The molecule has 1 saturated heterocycles. The number of aliphatic carboxylic acids is 1. The van der Waals surface area contributed by atoms with Crippen LogP contribution in [0.4, 0.5) is 4.79 Å². The Hall–Kier alpha value is -3.39. The molecule has 1 aliphatic rings. The quantitative estimate of drug-likeness (QED) is 0.440. The van der Waals surface area contributed by atoms with Gasteiger partial charge in [0.1, 0.15) is 29.9 Å². The van der Waals surface area contributed by atoms with E-state index >= 15 is 0 Å². The molecule has 0 saturated carbocycles. The smallest absolute Gasteiger partial charge is 0.326 e. The Kier molecular flexibility index (Phi) is 7.83. The van der Waals surface area contributed by atoms with Crippen LogP contribution >= 0.6 is 11.8 Å². The number of rotatable bonds is 8. The molecule has 2 aromatic rings. The monoisotopic (exact) mass is 454 g/mol. The lowest BCUT2D eigenvalue weighted by molar-refractivity contribution is -0.141. The fourth-order valence-electron chi connectivity index (χ4n) is 3.22. The summed E-state index contributed by atoms with van der Waals surface area (Å²) in [6.45, 7) is 6.22. The topological polar surface area (TPSA) is 102 Å². The third kappa shape index (κ3) is 6.07. The number of carbonyl (C=O) groups excluding carboxylic acids is 1.